The van der Waals surface area contributed by atoms with E-state index in [1.165, 1.54) is 7.05 Å². The van der Waals surface area contributed by atoms with Gasteiger partial charge in [-0.15, -0.1) is 0 Å². The number of furan rings is 1. The van der Waals surface area contributed by atoms with Crippen LogP contribution in [0.2, 0.25) is 0 Å². The summed E-state index contributed by atoms with van der Waals surface area (Å²) in [7, 11) is 1.40. The summed E-state index contributed by atoms with van der Waals surface area (Å²) < 4.78 is 6.38. The van der Waals surface area contributed by atoms with Crippen molar-refractivity contribution in [3.8, 4) is 0 Å². The summed E-state index contributed by atoms with van der Waals surface area (Å²) in [4.78, 5) is 27.1. The first-order chi connectivity index (χ1) is 8.18. The lowest BCUT2D eigenvalue weighted by atomic mass is 10.2. The first kappa shape index (κ1) is 9.77. The van der Waals surface area contributed by atoms with Gasteiger partial charge in [0, 0.05) is 12.4 Å². The van der Waals surface area contributed by atoms with Gasteiger partial charge in [0.2, 0.25) is 5.71 Å². The molecule has 0 spiro atoms. The number of hydrogen-bond donors (Lipinski definition) is 0. The van der Waals surface area contributed by atoms with Crippen molar-refractivity contribution >= 4 is 22.1 Å². The molecule has 84 valence electrons. The van der Waals surface area contributed by atoms with Crippen molar-refractivity contribution in [2.75, 3.05) is 0 Å². The topological polar surface area (TPSA) is 65.1 Å². The van der Waals surface area contributed by atoms with Crippen molar-refractivity contribution in [1.82, 2.24) is 9.55 Å². The Morgan fingerprint density at radius 2 is 1.94 bits per heavy atom. The molecule has 0 aliphatic carbocycles. The molecule has 0 unspecified atom stereocenters. The van der Waals surface area contributed by atoms with Crippen LogP contribution in [-0.4, -0.2) is 9.55 Å². The van der Waals surface area contributed by atoms with Crippen molar-refractivity contribution < 1.29 is 4.42 Å². The van der Waals surface area contributed by atoms with E-state index in [0.717, 1.165) is 4.57 Å². The van der Waals surface area contributed by atoms with Gasteiger partial charge in [0.1, 0.15) is 11.0 Å². The zero-order valence-electron chi connectivity index (χ0n) is 9.01. The highest BCUT2D eigenvalue weighted by molar-refractivity contribution is 6.02. The van der Waals surface area contributed by atoms with E-state index in [4.69, 9.17) is 4.42 Å². The number of hydrogen-bond acceptors (Lipinski definition) is 4. The Labute approximate surface area is 94.9 Å². The highest BCUT2D eigenvalue weighted by atomic mass is 16.3. The molecule has 0 atom stereocenters. The molecular formula is C12H8N2O3. The fraction of sp³-hybridized carbons (Fsp3) is 0.0833. The van der Waals surface area contributed by atoms with E-state index in [1.54, 1.807) is 18.2 Å². The molecule has 0 amide bonds. The maximum atomic E-state index is 12.0. The largest absolute Gasteiger partial charge is 0.437 e. The maximum Gasteiger partial charge on any atom is 0.353 e. The van der Waals surface area contributed by atoms with Crippen LogP contribution >= 0.6 is 0 Å². The van der Waals surface area contributed by atoms with Crippen LogP contribution in [0.1, 0.15) is 0 Å². The van der Waals surface area contributed by atoms with E-state index in [9.17, 15) is 9.59 Å². The minimum atomic E-state index is -0.606. The summed E-state index contributed by atoms with van der Waals surface area (Å²) >= 11 is 0. The summed E-state index contributed by atoms with van der Waals surface area (Å²) in [6.45, 7) is 0. The molecule has 2 aromatic heterocycles. The average molecular weight is 228 g/mol. The number of aromatic nitrogens is 2. The van der Waals surface area contributed by atoms with Gasteiger partial charge >= 0.3 is 5.69 Å². The van der Waals surface area contributed by atoms with Crippen LogP contribution in [0, 0.1) is 0 Å². The third-order valence-corrected chi connectivity index (χ3v) is 2.69. The SMILES string of the molecule is Cn1c(=O)nc2oc3cccccc3c2c1=O. The third-order valence-electron chi connectivity index (χ3n) is 2.69. The molecule has 0 fully saturated rings. The van der Waals surface area contributed by atoms with Crippen LogP contribution < -0.4 is 11.2 Å². The lowest BCUT2D eigenvalue weighted by molar-refractivity contribution is 0.642. The Kier molecular flexibility index (Phi) is 1.89. The molecule has 17 heavy (non-hydrogen) atoms. The quantitative estimate of drug-likeness (QED) is 0.576. The second-order valence-corrected chi connectivity index (χ2v) is 3.73. The predicted octanol–water partition coefficient (Wildman–Crippen LogP) is 1.04. The molecule has 0 N–H and O–H groups in total. The first-order valence-corrected chi connectivity index (χ1v) is 5.07. The van der Waals surface area contributed by atoms with Crippen LogP contribution in [0.15, 0.2) is 44.3 Å². The molecule has 0 aliphatic heterocycles. The van der Waals surface area contributed by atoms with E-state index < -0.39 is 5.69 Å². The van der Waals surface area contributed by atoms with Crippen LogP contribution in [0.25, 0.3) is 22.1 Å². The molecule has 0 saturated carbocycles. The minimum Gasteiger partial charge on any atom is -0.437 e. The van der Waals surface area contributed by atoms with Crippen molar-refractivity contribution in [2.24, 2.45) is 7.05 Å². The zero-order valence-corrected chi connectivity index (χ0v) is 9.01. The number of nitrogens with zero attached hydrogens (tertiary/aromatic N) is 2. The highest BCUT2D eigenvalue weighted by Gasteiger charge is 2.13. The predicted molar refractivity (Wildman–Crippen MR) is 63.0 cm³/mol. The normalized spacial score (nSPS) is 11.1. The molecule has 0 aliphatic rings. The maximum absolute atomic E-state index is 12.0. The Hall–Kier alpha value is -2.43. The van der Waals surface area contributed by atoms with Crippen molar-refractivity contribution in [1.29, 1.82) is 0 Å². The Balaban J connectivity index is 2.72. The van der Waals surface area contributed by atoms with Gasteiger partial charge in [-0.3, -0.25) is 9.36 Å². The molecule has 5 heteroatoms. The molecule has 2 heterocycles. The molecule has 0 saturated heterocycles. The second-order valence-electron chi connectivity index (χ2n) is 3.73. The fourth-order valence-corrected chi connectivity index (χ4v) is 1.80. The summed E-state index contributed by atoms with van der Waals surface area (Å²) in [6, 6.07) is 8.95. The van der Waals surface area contributed by atoms with E-state index >= 15 is 0 Å². The van der Waals surface area contributed by atoms with Gasteiger partial charge in [-0.2, -0.15) is 4.98 Å². The third kappa shape index (κ3) is 1.29. The summed E-state index contributed by atoms with van der Waals surface area (Å²) in [6.07, 6.45) is 0. The van der Waals surface area contributed by atoms with E-state index in [0.29, 0.717) is 16.4 Å². The van der Waals surface area contributed by atoms with Crippen LogP contribution in [0.3, 0.4) is 0 Å². The summed E-state index contributed by atoms with van der Waals surface area (Å²) in [5, 5.41) is 1.01. The van der Waals surface area contributed by atoms with Gasteiger partial charge in [-0.05, 0) is 6.07 Å². The number of rotatable bonds is 0. The molecular weight excluding hydrogens is 220 g/mol. The van der Waals surface area contributed by atoms with E-state index in [1.807, 2.05) is 12.1 Å². The van der Waals surface area contributed by atoms with Gasteiger partial charge in [0.05, 0.1) is 0 Å². The van der Waals surface area contributed by atoms with E-state index in [-0.39, 0.29) is 11.3 Å². The van der Waals surface area contributed by atoms with Crippen molar-refractivity contribution in [3.05, 3.63) is 51.2 Å². The van der Waals surface area contributed by atoms with Gasteiger partial charge in [-0.1, -0.05) is 24.3 Å². The molecule has 3 rings (SSSR count). The van der Waals surface area contributed by atoms with Gasteiger partial charge in [0.25, 0.3) is 5.56 Å². The lowest BCUT2D eigenvalue weighted by Gasteiger charge is -1.92. The van der Waals surface area contributed by atoms with Crippen LogP contribution in [0.5, 0.6) is 0 Å². The fourth-order valence-electron chi connectivity index (χ4n) is 1.80. The van der Waals surface area contributed by atoms with Gasteiger partial charge in [-0.25, -0.2) is 4.79 Å². The Morgan fingerprint density at radius 1 is 1.18 bits per heavy atom. The van der Waals surface area contributed by atoms with Gasteiger partial charge in [0.15, 0.2) is 0 Å². The summed E-state index contributed by atoms with van der Waals surface area (Å²) in [5.41, 5.74) is -0.351. The standard InChI is InChI=1S/C12H8N2O3/c1-14-11(15)9-7-5-3-2-4-6-8(7)17-10(9)13-12(14)16/h2-6H,1H3. The zero-order chi connectivity index (χ0) is 12.0. The van der Waals surface area contributed by atoms with Gasteiger partial charge < -0.3 is 4.42 Å². The second kappa shape index (κ2) is 3.28. The smallest absolute Gasteiger partial charge is 0.353 e. The average Bonchev–Trinajstić information content (AvgIpc) is 2.49. The molecule has 3 aromatic rings. The molecule has 5 nitrogen and oxygen atoms in total. The Bertz CT molecular complexity index is 846. The van der Waals surface area contributed by atoms with E-state index in [2.05, 4.69) is 4.98 Å². The first-order valence-electron chi connectivity index (χ1n) is 5.07. The van der Waals surface area contributed by atoms with Crippen LogP contribution in [0.4, 0.5) is 0 Å². The van der Waals surface area contributed by atoms with Crippen molar-refractivity contribution in [3.63, 3.8) is 0 Å². The molecule has 0 bridgehead atoms. The highest BCUT2D eigenvalue weighted by Crippen LogP contribution is 2.22. The van der Waals surface area contributed by atoms with Crippen molar-refractivity contribution in [2.45, 2.75) is 0 Å². The number of fused-ring (bicyclic) bond motifs is 3. The lowest BCUT2D eigenvalue weighted by Crippen LogP contribution is -2.31. The molecule has 0 radical (unpaired) electrons. The van der Waals surface area contributed by atoms with Crippen LogP contribution in [-0.2, 0) is 7.05 Å². The Morgan fingerprint density at radius 3 is 2.76 bits per heavy atom. The minimum absolute atomic E-state index is 0.0966. The monoisotopic (exact) mass is 228 g/mol. The molecule has 1 aromatic carbocycles. The summed E-state index contributed by atoms with van der Waals surface area (Å²) in [5.74, 6) is 0.